The number of aliphatic hydroxyl groups excluding tert-OH is 1. The minimum atomic E-state index is -0.560. The van der Waals surface area contributed by atoms with Gasteiger partial charge in [-0.3, -0.25) is 4.79 Å². The number of carbonyl (C=O) groups is 1. The molecule has 0 bridgehead atoms. The van der Waals surface area contributed by atoms with Crippen LogP contribution in [0.25, 0.3) is 11.1 Å². The molecule has 41 heavy (non-hydrogen) atoms. The first-order valence-electron chi connectivity index (χ1n) is 14.6. The van der Waals surface area contributed by atoms with Crippen molar-refractivity contribution in [1.82, 2.24) is 4.90 Å². The summed E-state index contributed by atoms with van der Waals surface area (Å²) < 4.78 is 22.7. The molecule has 2 aliphatic rings. The summed E-state index contributed by atoms with van der Waals surface area (Å²) in [6, 6.07) is 21.7. The number of allylic oxidation sites excluding steroid dienone is 1. The molecule has 7 nitrogen and oxygen atoms in total. The van der Waals surface area contributed by atoms with Crippen LogP contribution in [0.4, 0.5) is 0 Å². The number of fused-ring (bicyclic) bond motifs is 1. The highest BCUT2D eigenvalue weighted by Crippen LogP contribution is 2.40. The molecule has 1 atom stereocenters. The van der Waals surface area contributed by atoms with Gasteiger partial charge >= 0.3 is 5.97 Å². The van der Waals surface area contributed by atoms with E-state index < -0.39 is 6.10 Å². The zero-order valence-electron chi connectivity index (χ0n) is 24.1. The molecule has 1 N–H and O–H groups in total. The summed E-state index contributed by atoms with van der Waals surface area (Å²) in [5, 5.41) is 10.4. The van der Waals surface area contributed by atoms with Crippen molar-refractivity contribution in [3.05, 3.63) is 83.4 Å². The molecule has 3 aromatic rings. The highest BCUT2D eigenvalue weighted by Gasteiger charge is 2.31. The van der Waals surface area contributed by atoms with E-state index in [1.54, 1.807) is 0 Å². The fourth-order valence-corrected chi connectivity index (χ4v) is 5.08. The van der Waals surface area contributed by atoms with Crippen molar-refractivity contribution in [1.29, 1.82) is 0 Å². The monoisotopic (exact) mass is 557 g/mol. The first-order valence-corrected chi connectivity index (χ1v) is 14.6. The number of likely N-dealkylation sites (N-methyl/N-ethyl adjacent to an activating group) is 1. The van der Waals surface area contributed by atoms with Crippen LogP contribution in [-0.4, -0.2) is 55.1 Å². The third-order valence-electron chi connectivity index (χ3n) is 7.60. The molecule has 1 aliphatic heterocycles. The molecule has 3 aromatic carbocycles. The molecule has 1 aliphatic carbocycles. The second kappa shape index (κ2) is 13.2. The highest BCUT2D eigenvalue weighted by molar-refractivity contribution is 5.99. The fourth-order valence-electron chi connectivity index (χ4n) is 5.08. The quantitative estimate of drug-likeness (QED) is 0.153. The standard InChI is InChI=1S/C34H39NO6/c1-4-30(26-13-18-31-32(19-26)40-22-39-31)33(24-11-16-29(17-12-24)41-34(37)25-7-8-25)23-9-14-28(15-10-23)38-21-27(36)20-35(5-2)6-3/h9-19,25,27,36H,4-8,20-22H2,1-3H3/b33-30+. The van der Waals surface area contributed by atoms with E-state index in [0.29, 0.717) is 18.0 Å². The van der Waals surface area contributed by atoms with Crippen LogP contribution < -0.4 is 18.9 Å². The third kappa shape index (κ3) is 7.10. The van der Waals surface area contributed by atoms with Gasteiger partial charge in [-0.25, -0.2) is 0 Å². The molecule has 5 rings (SSSR count). The predicted molar refractivity (Wildman–Crippen MR) is 159 cm³/mol. The van der Waals surface area contributed by atoms with Crippen molar-refractivity contribution >= 4 is 17.1 Å². The number of hydrogen-bond acceptors (Lipinski definition) is 7. The van der Waals surface area contributed by atoms with Gasteiger partial charge < -0.3 is 29.0 Å². The number of rotatable bonds is 13. The molecule has 7 heteroatoms. The van der Waals surface area contributed by atoms with E-state index in [1.807, 2.05) is 60.7 Å². The molecule has 0 amide bonds. The molecule has 0 spiro atoms. The van der Waals surface area contributed by atoms with Gasteiger partial charge in [-0.2, -0.15) is 0 Å². The Morgan fingerprint density at radius 1 is 0.878 bits per heavy atom. The minimum Gasteiger partial charge on any atom is -0.491 e. The Morgan fingerprint density at radius 2 is 1.49 bits per heavy atom. The molecule has 216 valence electrons. The lowest BCUT2D eigenvalue weighted by molar-refractivity contribution is -0.135. The summed E-state index contributed by atoms with van der Waals surface area (Å²) in [6.45, 7) is 9.14. The van der Waals surface area contributed by atoms with Crippen LogP contribution in [0.5, 0.6) is 23.0 Å². The maximum atomic E-state index is 12.2. The minimum absolute atomic E-state index is 0.0434. The Labute approximate surface area is 242 Å². The van der Waals surface area contributed by atoms with E-state index in [1.165, 1.54) is 0 Å². The maximum absolute atomic E-state index is 12.2. The molecule has 0 saturated heterocycles. The van der Waals surface area contributed by atoms with Crippen LogP contribution >= 0.6 is 0 Å². The number of benzene rings is 3. The first-order chi connectivity index (χ1) is 20.0. The number of hydrogen-bond donors (Lipinski definition) is 1. The van der Waals surface area contributed by atoms with E-state index in [9.17, 15) is 9.90 Å². The lowest BCUT2D eigenvalue weighted by atomic mass is 9.88. The van der Waals surface area contributed by atoms with Crippen molar-refractivity contribution in [2.75, 3.05) is 33.0 Å². The summed E-state index contributed by atoms with van der Waals surface area (Å²) in [4.78, 5) is 14.3. The van der Waals surface area contributed by atoms with Crippen LogP contribution in [0.15, 0.2) is 66.7 Å². The van der Waals surface area contributed by atoms with E-state index in [4.69, 9.17) is 18.9 Å². The second-order valence-electron chi connectivity index (χ2n) is 10.5. The van der Waals surface area contributed by atoms with Crippen LogP contribution in [0, 0.1) is 5.92 Å². The summed E-state index contributed by atoms with van der Waals surface area (Å²) in [6.07, 6.45) is 2.04. The van der Waals surface area contributed by atoms with Gasteiger partial charge in [-0.15, -0.1) is 0 Å². The molecule has 0 radical (unpaired) electrons. The van der Waals surface area contributed by atoms with Gasteiger partial charge in [-0.05, 0) is 96.6 Å². The average Bonchev–Trinajstić information content (AvgIpc) is 3.76. The van der Waals surface area contributed by atoms with Gasteiger partial charge in [0.15, 0.2) is 11.5 Å². The molecule has 1 unspecified atom stereocenters. The smallest absolute Gasteiger partial charge is 0.314 e. The van der Waals surface area contributed by atoms with Crippen molar-refractivity contribution in [2.45, 2.75) is 46.1 Å². The Morgan fingerprint density at radius 3 is 2.10 bits per heavy atom. The Kier molecular flexibility index (Phi) is 9.27. The van der Waals surface area contributed by atoms with Crippen molar-refractivity contribution in [3.8, 4) is 23.0 Å². The SMILES string of the molecule is CC/C(=C(/c1ccc(OCC(O)CN(CC)CC)cc1)c1ccc(OC(=O)C2CC2)cc1)c1ccc2c(c1)OCO2. The zero-order valence-corrected chi connectivity index (χ0v) is 24.1. The largest absolute Gasteiger partial charge is 0.491 e. The van der Waals surface area contributed by atoms with Gasteiger partial charge in [0.1, 0.15) is 24.2 Å². The number of carbonyl (C=O) groups excluding carboxylic acids is 1. The second-order valence-corrected chi connectivity index (χ2v) is 10.5. The lowest BCUT2D eigenvalue weighted by Gasteiger charge is -2.22. The first kappa shape index (κ1) is 28.7. The van der Waals surface area contributed by atoms with E-state index in [-0.39, 0.29) is 25.3 Å². The molecule has 0 aromatic heterocycles. The predicted octanol–water partition coefficient (Wildman–Crippen LogP) is 6.18. The zero-order chi connectivity index (χ0) is 28.8. The fraction of sp³-hybridized carbons (Fsp3) is 0.382. The Balaban J connectivity index is 1.43. The molecule has 1 heterocycles. The maximum Gasteiger partial charge on any atom is 0.314 e. The highest BCUT2D eigenvalue weighted by atomic mass is 16.7. The topological polar surface area (TPSA) is 77.5 Å². The number of aliphatic hydroxyl groups is 1. The van der Waals surface area contributed by atoms with Crippen LogP contribution in [0.2, 0.25) is 0 Å². The van der Waals surface area contributed by atoms with Gasteiger partial charge in [0, 0.05) is 6.54 Å². The van der Waals surface area contributed by atoms with Gasteiger partial charge in [0.05, 0.1) is 5.92 Å². The van der Waals surface area contributed by atoms with Gasteiger partial charge in [0.25, 0.3) is 0 Å². The molecular formula is C34H39NO6. The van der Waals surface area contributed by atoms with E-state index in [2.05, 4.69) is 31.7 Å². The number of esters is 1. The Bertz CT molecular complexity index is 1360. The summed E-state index contributed by atoms with van der Waals surface area (Å²) in [5.74, 6) is 2.63. The summed E-state index contributed by atoms with van der Waals surface area (Å²) in [5.41, 5.74) is 5.30. The van der Waals surface area contributed by atoms with Crippen molar-refractivity contribution in [2.24, 2.45) is 5.92 Å². The number of nitrogens with zero attached hydrogens (tertiary/aromatic N) is 1. The molecular weight excluding hydrogens is 518 g/mol. The van der Waals surface area contributed by atoms with Gasteiger partial charge in [-0.1, -0.05) is 51.1 Å². The van der Waals surface area contributed by atoms with E-state index >= 15 is 0 Å². The Hall–Kier alpha value is -3.81. The number of ether oxygens (including phenoxy) is 4. The van der Waals surface area contributed by atoms with Crippen LogP contribution in [0.3, 0.4) is 0 Å². The van der Waals surface area contributed by atoms with E-state index in [0.717, 1.165) is 71.7 Å². The molecule has 1 saturated carbocycles. The third-order valence-corrected chi connectivity index (χ3v) is 7.60. The molecule has 1 fully saturated rings. The lowest BCUT2D eigenvalue weighted by Crippen LogP contribution is -2.35. The summed E-state index contributed by atoms with van der Waals surface area (Å²) in [7, 11) is 0. The van der Waals surface area contributed by atoms with Crippen molar-refractivity contribution < 1.29 is 28.8 Å². The van der Waals surface area contributed by atoms with Crippen LogP contribution in [0.1, 0.15) is 56.7 Å². The normalized spacial score (nSPS) is 15.4. The van der Waals surface area contributed by atoms with Gasteiger partial charge in [0.2, 0.25) is 6.79 Å². The van der Waals surface area contributed by atoms with Crippen LogP contribution in [-0.2, 0) is 4.79 Å². The average molecular weight is 558 g/mol. The summed E-state index contributed by atoms with van der Waals surface area (Å²) >= 11 is 0. The van der Waals surface area contributed by atoms with Crippen molar-refractivity contribution in [3.63, 3.8) is 0 Å².